The molecule has 5 heteroatoms. The smallest absolute Gasteiger partial charge is 0.332 e. The van der Waals surface area contributed by atoms with Crippen LogP contribution >= 0.6 is 0 Å². The molecule has 21 heavy (non-hydrogen) atoms. The molecule has 0 atom stereocenters. The van der Waals surface area contributed by atoms with Gasteiger partial charge in [-0.05, 0) is 37.0 Å². The van der Waals surface area contributed by atoms with Gasteiger partial charge >= 0.3 is 6.03 Å². The number of nitrogens with zero attached hydrogens (tertiary/aromatic N) is 1. The standard InChI is InChI=1S/C16H21N3O2/c1-12(20)19(15-8-4-7-14(17)11-15)16(21)18-10-9-13-5-2-3-6-13/h4,7-11,13H,2-3,5-6,17H2,1H3,(H,18,21)/b10-9+. The molecule has 1 aromatic carbocycles. The number of hydrogen-bond donors (Lipinski definition) is 2. The van der Waals surface area contributed by atoms with Gasteiger partial charge in [0.1, 0.15) is 0 Å². The number of imide groups is 1. The van der Waals surface area contributed by atoms with Gasteiger partial charge in [-0.25, -0.2) is 9.69 Å². The Labute approximate surface area is 124 Å². The molecule has 3 N–H and O–H groups in total. The Bertz CT molecular complexity index is 548. The van der Waals surface area contributed by atoms with Gasteiger partial charge in [-0.1, -0.05) is 25.0 Å². The zero-order valence-electron chi connectivity index (χ0n) is 12.2. The minimum absolute atomic E-state index is 0.354. The fourth-order valence-corrected chi connectivity index (χ4v) is 2.58. The Hall–Kier alpha value is -2.30. The maximum Gasteiger partial charge on any atom is 0.332 e. The quantitative estimate of drug-likeness (QED) is 0.839. The highest BCUT2D eigenvalue weighted by Gasteiger charge is 2.19. The molecule has 0 aliphatic heterocycles. The van der Waals surface area contributed by atoms with Crippen molar-refractivity contribution in [3.8, 4) is 0 Å². The Kier molecular flexibility index (Phi) is 4.98. The molecular weight excluding hydrogens is 266 g/mol. The van der Waals surface area contributed by atoms with Crippen LogP contribution in [-0.2, 0) is 4.79 Å². The van der Waals surface area contributed by atoms with Crippen LogP contribution in [0.25, 0.3) is 0 Å². The number of amides is 3. The molecule has 0 heterocycles. The number of nitrogen functional groups attached to an aromatic ring is 1. The van der Waals surface area contributed by atoms with Crippen LogP contribution in [0.1, 0.15) is 32.6 Å². The van der Waals surface area contributed by atoms with Gasteiger partial charge < -0.3 is 11.1 Å². The highest BCUT2D eigenvalue weighted by atomic mass is 16.2. The van der Waals surface area contributed by atoms with Crippen LogP contribution in [-0.4, -0.2) is 11.9 Å². The van der Waals surface area contributed by atoms with E-state index >= 15 is 0 Å². The van der Waals surface area contributed by atoms with Crippen molar-refractivity contribution in [3.63, 3.8) is 0 Å². The van der Waals surface area contributed by atoms with Crippen LogP contribution in [0.4, 0.5) is 16.2 Å². The monoisotopic (exact) mass is 287 g/mol. The van der Waals surface area contributed by atoms with Crippen molar-refractivity contribution < 1.29 is 9.59 Å². The number of anilines is 2. The molecule has 1 aromatic rings. The van der Waals surface area contributed by atoms with Gasteiger partial charge in [0.2, 0.25) is 5.91 Å². The lowest BCUT2D eigenvalue weighted by Gasteiger charge is -2.19. The summed E-state index contributed by atoms with van der Waals surface area (Å²) < 4.78 is 0. The van der Waals surface area contributed by atoms with Crippen molar-refractivity contribution in [3.05, 3.63) is 36.5 Å². The molecule has 0 unspecified atom stereocenters. The van der Waals surface area contributed by atoms with Crippen LogP contribution in [0.3, 0.4) is 0 Å². The van der Waals surface area contributed by atoms with Gasteiger partial charge in [-0.2, -0.15) is 0 Å². The van der Waals surface area contributed by atoms with E-state index in [1.54, 1.807) is 30.5 Å². The van der Waals surface area contributed by atoms with Crippen molar-refractivity contribution in [2.75, 3.05) is 10.6 Å². The molecule has 1 aliphatic rings. The van der Waals surface area contributed by atoms with Crippen LogP contribution in [0.2, 0.25) is 0 Å². The summed E-state index contributed by atoms with van der Waals surface area (Å²) in [5.41, 5.74) is 6.67. The van der Waals surface area contributed by atoms with Crippen LogP contribution in [0.5, 0.6) is 0 Å². The molecule has 0 bridgehead atoms. The summed E-state index contributed by atoms with van der Waals surface area (Å²) in [5, 5.41) is 2.65. The average molecular weight is 287 g/mol. The summed E-state index contributed by atoms with van der Waals surface area (Å²) >= 11 is 0. The second-order valence-corrected chi connectivity index (χ2v) is 5.30. The Balaban J connectivity index is 2.04. The molecule has 0 aromatic heterocycles. The van der Waals surface area contributed by atoms with Crippen molar-refractivity contribution in [1.82, 2.24) is 5.32 Å². The molecule has 112 valence electrons. The highest BCUT2D eigenvalue weighted by molar-refractivity contribution is 6.13. The lowest BCUT2D eigenvalue weighted by atomic mass is 10.1. The van der Waals surface area contributed by atoms with Crippen molar-refractivity contribution >= 4 is 23.3 Å². The van der Waals surface area contributed by atoms with E-state index in [1.165, 1.54) is 19.8 Å². The van der Waals surface area contributed by atoms with Crippen LogP contribution in [0, 0.1) is 5.92 Å². The Morgan fingerprint density at radius 2 is 2.05 bits per heavy atom. The maximum atomic E-state index is 12.2. The topological polar surface area (TPSA) is 75.4 Å². The highest BCUT2D eigenvalue weighted by Crippen LogP contribution is 2.25. The fraction of sp³-hybridized carbons (Fsp3) is 0.375. The normalized spacial score (nSPS) is 15.3. The molecule has 0 spiro atoms. The van der Waals surface area contributed by atoms with Crippen molar-refractivity contribution in [1.29, 1.82) is 0 Å². The molecule has 3 amide bonds. The molecule has 0 saturated heterocycles. The maximum absolute atomic E-state index is 12.2. The average Bonchev–Trinajstić information content (AvgIpc) is 2.91. The molecule has 0 radical (unpaired) electrons. The number of nitrogens with two attached hydrogens (primary N) is 1. The summed E-state index contributed by atoms with van der Waals surface area (Å²) in [5.74, 6) is 0.177. The largest absolute Gasteiger partial charge is 0.399 e. The van der Waals surface area contributed by atoms with Crippen molar-refractivity contribution in [2.24, 2.45) is 5.92 Å². The number of benzene rings is 1. The molecular formula is C16H21N3O2. The van der Waals surface area contributed by atoms with Gasteiger partial charge in [-0.3, -0.25) is 4.79 Å². The van der Waals surface area contributed by atoms with E-state index in [1.807, 2.05) is 6.08 Å². The minimum atomic E-state index is -0.470. The van der Waals surface area contributed by atoms with E-state index < -0.39 is 6.03 Å². The van der Waals surface area contributed by atoms with E-state index in [9.17, 15) is 9.59 Å². The summed E-state index contributed by atoms with van der Waals surface area (Å²) in [7, 11) is 0. The summed E-state index contributed by atoms with van der Waals surface area (Å²) in [4.78, 5) is 25.0. The van der Waals surface area contributed by atoms with Gasteiger partial charge in [0.05, 0.1) is 5.69 Å². The number of urea groups is 1. The zero-order valence-corrected chi connectivity index (χ0v) is 12.2. The predicted molar refractivity (Wildman–Crippen MR) is 83.6 cm³/mol. The lowest BCUT2D eigenvalue weighted by Crippen LogP contribution is -2.41. The number of hydrogen-bond acceptors (Lipinski definition) is 3. The second-order valence-electron chi connectivity index (χ2n) is 5.30. The third kappa shape index (κ3) is 4.08. The third-order valence-electron chi connectivity index (χ3n) is 3.62. The van der Waals surface area contributed by atoms with E-state index in [0.29, 0.717) is 17.3 Å². The summed E-state index contributed by atoms with van der Waals surface area (Å²) in [6.07, 6.45) is 8.46. The Morgan fingerprint density at radius 1 is 1.33 bits per heavy atom. The first-order valence-corrected chi connectivity index (χ1v) is 7.21. The first kappa shape index (κ1) is 15.1. The summed E-state index contributed by atoms with van der Waals surface area (Å²) in [6, 6.07) is 6.23. The molecule has 2 rings (SSSR count). The van der Waals surface area contributed by atoms with Gasteiger partial charge in [0.25, 0.3) is 0 Å². The number of carbonyl (C=O) groups excluding carboxylic acids is 2. The lowest BCUT2D eigenvalue weighted by molar-refractivity contribution is -0.115. The van der Waals surface area contributed by atoms with Gasteiger partial charge in [0, 0.05) is 18.8 Å². The van der Waals surface area contributed by atoms with Crippen LogP contribution < -0.4 is 16.0 Å². The zero-order chi connectivity index (χ0) is 15.2. The molecule has 1 aliphatic carbocycles. The van der Waals surface area contributed by atoms with E-state index in [-0.39, 0.29) is 5.91 Å². The third-order valence-corrected chi connectivity index (χ3v) is 3.62. The van der Waals surface area contributed by atoms with E-state index in [0.717, 1.165) is 17.7 Å². The molecule has 5 nitrogen and oxygen atoms in total. The van der Waals surface area contributed by atoms with Gasteiger partial charge in [0.15, 0.2) is 0 Å². The number of carbonyl (C=O) groups is 2. The minimum Gasteiger partial charge on any atom is -0.399 e. The second kappa shape index (κ2) is 6.92. The number of rotatable bonds is 3. The molecule has 1 saturated carbocycles. The Morgan fingerprint density at radius 3 is 2.67 bits per heavy atom. The number of nitrogens with one attached hydrogen (secondary N) is 1. The predicted octanol–water partition coefficient (Wildman–Crippen LogP) is 3.04. The van der Waals surface area contributed by atoms with Gasteiger partial charge in [-0.15, -0.1) is 0 Å². The SMILES string of the molecule is CC(=O)N(C(=O)N/C=C/C1CCCC1)c1cccc(N)c1. The van der Waals surface area contributed by atoms with Crippen molar-refractivity contribution in [2.45, 2.75) is 32.6 Å². The molecule has 1 fully saturated rings. The first-order valence-electron chi connectivity index (χ1n) is 7.21. The first-order chi connectivity index (χ1) is 10.1. The fourth-order valence-electron chi connectivity index (χ4n) is 2.58. The number of allylic oxidation sites excluding steroid dienone is 1. The van der Waals surface area contributed by atoms with E-state index in [2.05, 4.69) is 5.32 Å². The summed E-state index contributed by atoms with van der Waals surface area (Å²) in [6.45, 7) is 1.35. The van der Waals surface area contributed by atoms with E-state index in [4.69, 9.17) is 5.73 Å². The van der Waals surface area contributed by atoms with Crippen LogP contribution in [0.15, 0.2) is 36.5 Å².